The largest absolute Gasteiger partial charge is 0.373 e. The summed E-state index contributed by atoms with van der Waals surface area (Å²) in [5, 5.41) is 3.22. The Morgan fingerprint density at radius 2 is 2.29 bits per heavy atom. The van der Waals surface area contributed by atoms with Crippen LogP contribution >= 0.6 is 11.6 Å². The van der Waals surface area contributed by atoms with Gasteiger partial charge in [-0.05, 0) is 19.3 Å². The summed E-state index contributed by atoms with van der Waals surface area (Å²) in [7, 11) is 0. The van der Waals surface area contributed by atoms with Gasteiger partial charge in [0, 0.05) is 0 Å². The van der Waals surface area contributed by atoms with E-state index in [1.807, 2.05) is 0 Å². The zero-order chi connectivity index (χ0) is 11.8. The molecule has 3 rings (SSSR count). The Bertz CT molecular complexity index is 437. The van der Waals surface area contributed by atoms with E-state index in [4.69, 9.17) is 16.3 Å². The predicted molar refractivity (Wildman–Crippen MR) is 60.8 cm³/mol. The fraction of sp³-hybridized carbons (Fsp3) is 0.545. The van der Waals surface area contributed by atoms with Crippen LogP contribution in [-0.4, -0.2) is 34.1 Å². The molecule has 0 aromatic carbocycles. The van der Waals surface area contributed by atoms with Crippen LogP contribution in [-0.2, 0) is 4.74 Å². The molecule has 1 N–H and O–H groups in total. The highest BCUT2D eigenvalue weighted by atomic mass is 35.5. The van der Waals surface area contributed by atoms with Gasteiger partial charge in [0.2, 0.25) is 0 Å². The highest BCUT2D eigenvalue weighted by Gasteiger charge is 2.41. The number of hydrogen-bond acceptors (Lipinski definition) is 4. The minimum atomic E-state index is -0.213. The Kier molecular flexibility index (Phi) is 2.72. The van der Waals surface area contributed by atoms with Gasteiger partial charge in [0.1, 0.15) is 10.8 Å². The quantitative estimate of drug-likeness (QED) is 0.860. The molecule has 3 unspecified atom stereocenters. The molecular formula is C11H12ClN3O2. The van der Waals surface area contributed by atoms with E-state index in [9.17, 15) is 4.79 Å². The number of amides is 1. The highest BCUT2D eigenvalue weighted by Crippen LogP contribution is 2.34. The molecule has 3 atom stereocenters. The van der Waals surface area contributed by atoms with Crippen LogP contribution in [0.1, 0.15) is 29.8 Å². The van der Waals surface area contributed by atoms with Crippen molar-refractivity contribution < 1.29 is 9.53 Å². The van der Waals surface area contributed by atoms with Gasteiger partial charge in [-0.3, -0.25) is 4.79 Å². The van der Waals surface area contributed by atoms with Gasteiger partial charge in [-0.2, -0.15) is 0 Å². The molecular weight excluding hydrogens is 242 g/mol. The first kappa shape index (κ1) is 10.9. The van der Waals surface area contributed by atoms with Crippen molar-refractivity contribution in [2.75, 3.05) is 0 Å². The third kappa shape index (κ3) is 2.12. The Labute approximate surface area is 104 Å². The summed E-state index contributed by atoms with van der Waals surface area (Å²) in [5.41, 5.74) is 0.289. The maximum atomic E-state index is 11.9. The van der Waals surface area contributed by atoms with E-state index in [0.717, 1.165) is 19.3 Å². The highest BCUT2D eigenvalue weighted by molar-refractivity contribution is 6.29. The number of nitrogens with zero attached hydrogens (tertiary/aromatic N) is 2. The molecule has 1 aromatic heterocycles. The van der Waals surface area contributed by atoms with E-state index in [1.165, 1.54) is 12.4 Å². The summed E-state index contributed by atoms with van der Waals surface area (Å²) in [5.74, 6) is -0.213. The number of aromatic nitrogens is 2. The second-order valence-corrected chi connectivity index (χ2v) is 4.80. The average Bonchev–Trinajstić information content (AvgIpc) is 2.91. The number of carbonyl (C=O) groups is 1. The molecule has 5 nitrogen and oxygen atoms in total. The van der Waals surface area contributed by atoms with E-state index < -0.39 is 0 Å². The molecule has 2 aliphatic heterocycles. The zero-order valence-electron chi connectivity index (χ0n) is 9.10. The molecule has 2 aliphatic rings. The zero-order valence-corrected chi connectivity index (χ0v) is 9.85. The molecule has 0 radical (unpaired) electrons. The fourth-order valence-electron chi connectivity index (χ4n) is 2.46. The molecule has 1 aromatic rings. The Hall–Kier alpha value is -1.20. The van der Waals surface area contributed by atoms with E-state index in [1.54, 1.807) is 0 Å². The Morgan fingerprint density at radius 1 is 1.41 bits per heavy atom. The molecule has 2 saturated heterocycles. The molecule has 2 fully saturated rings. The van der Waals surface area contributed by atoms with Gasteiger partial charge in [-0.1, -0.05) is 11.6 Å². The molecule has 1 amide bonds. The third-order valence-electron chi connectivity index (χ3n) is 3.28. The third-order valence-corrected chi connectivity index (χ3v) is 3.47. The molecule has 17 heavy (non-hydrogen) atoms. The number of nitrogens with one attached hydrogen (secondary N) is 1. The van der Waals surface area contributed by atoms with Crippen molar-refractivity contribution >= 4 is 17.5 Å². The number of rotatable bonds is 2. The van der Waals surface area contributed by atoms with Gasteiger partial charge < -0.3 is 10.1 Å². The summed E-state index contributed by atoms with van der Waals surface area (Å²) in [6.45, 7) is 0. The maximum absolute atomic E-state index is 11.9. The number of ether oxygens (including phenoxy) is 1. The normalized spacial score (nSPS) is 30.5. The number of halogens is 1. The van der Waals surface area contributed by atoms with Crippen molar-refractivity contribution in [1.82, 2.24) is 15.3 Å². The van der Waals surface area contributed by atoms with Crippen LogP contribution in [0, 0.1) is 0 Å². The lowest BCUT2D eigenvalue weighted by atomic mass is 9.95. The Balaban J connectivity index is 1.65. The monoisotopic (exact) mass is 253 g/mol. The van der Waals surface area contributed by atoms with Crippen LogP contribution < -0.4 is 5.32 Å². The van der Waals surface area contributed by atoms with Gasteiger partial charge in [-0.25, -0.2) is 9.97 Å². The second kappa shape index (κ2) is 4.23. The van der Waals surface area contributed by atoms with Crippen LogP contribution in [0.25, 0.3) is 0 Å². The molecule has 0 saturated carbocycles. The summed E-state index contributed by atoms with van der Waals surface area (Å²) in [6.07, 6.45) is 6.28. The smallest absolute Gasteiger partial charge is 0.271 e. The second-order valence-electron chi connectivity index (χ2n) is 4.41. The van der Waals surface area contributed by atoms with Crippen LogP contribution in [0.4, 0.5) is 0 Å². The molecule has 90 valence electrons. The van der Waals surface area contributed by atoms with Gasteiger partial charge in [0.05, 0.1) is 30.6 Å². The first-order valence-corrected chi connectivity index (χ1v) is 6.04. The van der Waals surface area contributed by atoms with Crippen LogP contribution in [0.5, 0.6) is 0 Å². The van der Waals surface area contributed by atoms with Crippen molar-refractivity contribution in [2.24, 2.45) is 0 Å². The van der Waals surface area contributed by atoms with Gasteiger partial charge in [0.15, 0.2) is 0 Å². The molecule has 3 heterocycles. The lowest BCUT2D eigenvalue weighted by Gasteiger charge is -2.19. The Morgan fingerprint density at radius 3 is 2.88 bits per heavy atom. The molecule has 2 bridgehead atoms. The van der Waals surface area contributed by atoms with Crippen molar-refractivity contribution in [3.8, 4) is 0 Å². The summed E-state index contributed by atoms with van der Waals surface area (Å²) >= 11 is 5.61. The predicted octanol–water partition coefficient (Wildman–Crippen LogP) is 1.18. The fourth-order valence-corrected chi connectivity index (χ4v) is 2.56. The number of carbonyl (C=O) groups excluding carboxylic acids is 1. The average molecular weight is 254 g/mol. The van der Waals surface area contributed by atoms with E-state index in [0.29, 0.717) is 6.10 Å². The summed E-state index contributed by atoms with van der Waals surface area (Å²) < 4.78 is 5.67. The number of hydrogen-bond donors (Lipinski definition) is 1. The number of fused-ring (bicyclic) bond motifs is 2. The van der Waals surface area contributed by atoms with Crippen molar-refractivity contribution in [3.63, 3.8) is 0 Å². The van der Waals surface area contributed by atoms with Crippen LogP contribution in [0.3, 0.4) is 0 Å². The topological polar surface area (TPSA) is 64.1 Å². The minimum Gasteiger partial charge on any atom is -0.373 e. The van der Waals surface area contributed by atoms with E-state index >= 15 is 0 Å². The molecule has 0 spiro atoms. The first-order chi connectivity index (χ1) is 8.22. The molecule has 0 aliphatic carbocycles. The van der Waals surface area contributed by atoms with Crippen molar-refractivity contribution in [3.05, 3.63) is 23.2 Å². The van der Waals surface area contributed by atoms with Crippen molar-refractivity contribution in [2.45, 2.75) is 37.5 Å². The molecule has 6 heteroatoms. The minimum absolute atomic E-state index is 0.110. The van der Waals surface area contributed by atoms with Gasteiger partial charge in [-0.15, -0.1) is 0 Å². The SMILES string of the molecule is O=C(NC1CC2CCC1O2)c1cnc(Cl)cn1. The van der Waals surface area contributed by atoms with Crippen LogP contribution in [0.15, 0.2) is 12.4 Å². The van der Waals surface area contributed by atoms with Gasteiger partial charge in [0.25, 0.3) is 5.91 Å². The van der Waals surface area contributed by atoms with Gasteiger partial charge >= 0.3 is 0 Å². The lowest BCUT2D eigenvalue weighted by molar-refractivity contribution is 0.0837. The lowest BCUT2D eigenvalue weighted by Crippen LogP contribution is -2.41. The van der Waals surface area contributed by atoms with E-state index in [-0.39, 0.29) is 28.9 Å². The van der Waals surface area contributed by atoms with Crippen molar-refractivity contribution in [1.29, 1.82) is 0 Å². The van der Waals surface area contributed by atoms with E-state index in [2.05, 4.69) is 15.3 Å². The summed E-state index contributed by atoms with van der Waals surface area (Å²) in [6, 6.07) is 0.110. The maximum Gasteiger partial charge on any atom is 0.271 e. The summed E-state index contributed by atoms with van der Waals surface area (Å²) in [4.78, 5) is 19.6. The van der Waals surface area contributed by atoms with Crippen LogP contribution in [0.2, 0.25) is 5.15 Å². The standard InChI is InChI=1S/C11H12ClN3O2/c12-10-5-13-8(4-14-10)11(16)15-7-3-6-1-2-9(7)17-6/h4-7,9H,1-3H2,(H,15,16). The first-order valence-electron chi connectivity index (χ1n) is 5.66.